The number of allylic oxidation sites excluding steroid dienone is 1. The lowest BCUT2D eigenvalue weighted by Crippen LogP contribution is -2.45. The molecule has 0 aromatic heterocycles. The molecular weight excluding hydrogens is 641 g/mol. The Morgan fingerprint density at radius 2 is 0.917 bits per heavy atom. The first kappa shape index (κ1) is 33.0. The van der Waals surface area contributed by atoms with E-state index >= 15 is 0 Å². The van der Waals surface area contributed by atoms with Gasteiger partial charge in [-0.05, 0) is 42.2 Å². The molecule has 0 bridgehead atoms. The molecule has 1 aliphatic rings. The third-order valence-electron chi connectivity index (χ3n) is 9.30. The maximum atomic E-state index is 14.8. The van der Waals surface area contributed by atoms with Crippen molar-refractivity contribution in [3.05, 3.63) is 181 Å². The Kier molecular flexibility index (Phi) is 9.14. The van der Waals surface area contributed by atoms with Gasteiger partial charge in [0.2, 0.25) is 0 Å². The lowest BCUT2D eigenvalue weighted by molar-refractivity contribution is 0.0765. The van der Waals surface area contributed by atoms with Crippen LogP contribution < -0.4 is 0 Å². The van der Waals surface area contributed by atoms with E-state index in [9.17, 15) is 26.4 Å². The molecule has 8 heteroatoms. The molecule has 48 heavy (non-hydrogen) atoms. The van der Waals surface area contributed by atoms with Gasteiger partial charge in [-0.1, -0.05) is 140 Å². The summed E-state index contributed by atoms with van der Waals surface area (Å²) in [6, 6.07) is 41.0. The first-order valence-electron chi connectivity index (χ1n) is 15.6. The topological polar surface area (TPSA) is 102 Å². The Morgan fingerprint density at radius 1 is 0.562 bits per heavy atom. The van der Waals surface area contributed by atoms with Gasteiger partial charge in [-0.3, -0.25) is 9.59 Å². The van der Waals surface area contributed by atoms with Crippen molar-refractivity contribution in [2.75, 3.05) is 0 Å². The number of Topliss-reactive ketones (excluding diaryl/α,β-unsaturated/α-hetero) is 2. The molecule has 1 aliphatic carbocycles. The summed E-state index contributed by atoms with van der Waals surface area (Å²) in [5, 5.41) is 0. The minimum atomic E-state index is -4.58. The number of carbonyl (C=O) groups is 2. The van der Waals surface area contributed by atoms with Crippen molar-refractivity contribution >= 4 is 31.2 Å². The quantitative estimate of drug-likeness (QED) is 0.0806. The highest BCUT2D eigenvalue weighted by Gasteiger charge is 2.63. The second-order valence-electron chi connectivity index (χ2n) is 12.1. The van der Waals surface area contributed by atoms with Crippen LogP contribution in [-0.2, 0) is 19.7 Å². The van der Waals surface area contributed by atoms with E-state index in [1.54, 1.807) is 127 Å². The van der Waals surface area contributed by atoms with Gasteiger partial charge in [0.25, 0.3) is 0 Å². The predicted molar refractivity (Wildman–Crippen MR) is 186 cm³/mol. The predicted octanol–water partition coefficient (Wildman–Crippen LogP) is 7.76. The molecule has 0 heterocycles. The van der Waals surface area contributed by atoms with Gasteiger partial charge in [0, 0.05) is 23.5 Å². The minimum absolute atomic E-state index is 0.133. The summed E-state index contributed by atoms with van der Waals surface area (Å²) < 4.78 is 56.7. The first-order chi connectivity index (χ1) is 23.1. The Morgan fingerprint density at radius 3 is 1.31 bits per heavy atom. The second-order valence-corrected chi connectivity index (χ2v) is 16.8. The van der Waals surface area contributed by atoms with E-state index in [0.717, 1.165) is 0 Å². The monoisotopic (exact) mass is 674 g/mol. The molecule has 5 aromatic rings. The molecule has 0 unspecified atom stereocenters. The van der Waals surface area contributed by atoms with E-state index in [-0.39, 0.29) is 9.79 Å². The zero-order chi connectivity index (χ0) is 33.9. The summed E-state index contributed by atoms with van der Waals surface area (Å²) in [5.41, 5.74) is 1.58. The van der Waals surface area contributed by atoms with Crippen molar-refractivity contribution in [1.29, 1.82) is 0 Å². The average Bonchev–Trinajstić information content (AvgIpc) is 3.50. The van der Waals surface area contributed by atoms with Crippen LogP contribution >= 0.6 is 0 Å². The molecule has 0 amide bonds. The van der Waals surface area contributed by atoms with Crippen LogP contribution in [-0.4, -0.2) is 32.5 Å². The van der Waals surface area contributed by atoms with Crippen molar-refractivity contribution < 1.29 is 26.4 Å². The van der Waals surface area contributed by atoms with Gasteiger partial charge in [-0.25, -0.2) is 16.8 Å². The fourth-order valence-corrected chi connectivity index (χ4v) is 12.1. The van der Waals surface area contributed by atoms with E-state index in [1.807, 2.05) is 0 Å². The molecule has 2 atom stereocenters. The molecule has 6 rings (SSSR count). The van der Waals surface area contributed by atoms with Crippen LogP contribution in [0.4, 0.5) is 0 Å². The van der Waals surface area contributed by atoms with Gasteiger partial charge in [0.15, 0.2) is 35.3 Å². The fourth-order valence-electron chi connectivity index (χ4n) is 6.93. The van der Waals surface area contributed by atoms with Crippen molar-refractivity contribution in [3.63, 3.8) is 0 Å². The third kappa shape index (κ3) is 5.76. The second kappa shape index (κ2) is 13.3. The highest BCUT2D eigenvalue weighted by atomic mass is 32.3. The first-order valence-corrected chi connectivity index (χ1v) is 18.6. The van der Waals surface area contributed by atoms with Gasteiger partial charge in [-0.2, -0.15) is 0 Å². The molecule has 242 valence electrons. The number of ketones is 2. The van der Waals surface area contributed by atoms with Crippen LogP contribution in [0.2, 0.25) is 0 Å². The van der Waals surface area contributed by atoms with Crippen molar-refractivity contribution in [2.45, 2.75) is 32.6 Å². The number of rotatable bonds is 11. The Balaban J connectivity index is 1.59. The van der Waals surface area contributed by atoms with Crippen molar-refractivity contribution in [2.24, 2.45) is 11.8 Å². The smallest absolute Gasteiger partial charge is 0.199 e. The molecular formula is C40H34O6S2. The zero-order valence-corrected chi connectivity index (χ0v) is 27.7. The van der Waals surface area contributed by atoms with Crippen LogP contribution in [0.3, 0.4) is 0 Å². The summed E-state index contributed by atoms with van der Waals surface area (Å²) in [4.78, 5) is 28.8. The average molecular weight is 675 g/mol. The standard InChI is InChI=1S/C40H34O6S2/c1-29-27-40(47(43,44)33-23-13-5-14-24-33,48(45,46)34-25-15-6-16-26-34)28-35(29)36(30-17-7-2-8-18-30)37(38(41)31-19-9-3-10-20-31)39(42)32-21-11-4-12-22-32/h2-26,35-37H,1,27-28H2/t35-,36-/m1/s1. The molecule has 5 aromatic carbocycles. The Labute approximate surface area is 281 Å². The molecule has 0 N–H and O–H groups in total. The van der Waals surface area contributed by atoms with Crippen LogP contribution in [0.1, 0.15) is 45.0 Å². The SMILES string of the molecule is C=C1CC(S(=O)(=O)c2ccccc2)(S(=O)(=O)c2ccccc2)C[C@H]1[C@@H](c1ccccc1)C(C(=O)c1ccccc1)C(=O)c1ccccc1. The minimum Gasteiger partial charge on any atom is -0.293 e. The van der Waals surface area contributed by atoms with Crippen molar-refractivity contribution in [1.82, 2.24) is 0 Å². The number of hydrogen-bond acceptors (Lipinski definition) is 6. The highest BCUT2D eigenvalue weighted by Crippen LogP contribution is 2.56. The van der Waals surface area contributed by atoms with E-state index in [1.165, 1.54) is 24.3 Å². The lowest BCUT2D eigenvalue weighted by atomic mass is 9.69. The van der Waals surface area contributed by atoms with Crippen LogP contribution in [0.25, 0.3) is 0 Å². The molecule has 1 saturated carbocycles. The molecule has 0 saturated heterocycles. The van der Waals surface area contributed by atoms with E-state index < -0.39 is 65.9 Å². The fraction of sp³-hybridized carbons (Fsp3) is 0.150. The maximum Gasteiger partial charge on any atom is 0.199 e. The summed E-state index contributed by atoms with van der Waals surface area (Å²) in [5.74, 6) is -4.01. The van der Waals surface area contributed by atoms with Gasteiger partial charge < -0.3 is 0 Å². The number of sulfone groups is 2. The molecule has 1 fully saturated rings. The zero-order valence-electron chi connectivity index (χ0n) is 26.1. The number of carbonyl (C=O) groups excluding carboxylic acids is 2. The van der Waals surface area contributed by atoms with Gasteiger partial charge >= 0.3 is 0 Å². The maximum absolute atomic E-state index is 14.8. The van der Waals surface area contributed by atoms with Crippen LogP contribution in [0, 0.1) is 11.8 Å². The summed E-state index contributed by atoms with van der Waals surface area (Å²) in [7, 11) is -9.15. The number of hydrogen-bond donors (Lipinski definition) is 0. The highest BCUT2D eigenvalue weighted by molar-refractivity contribution is 8.10. The summed E-state index contributed by atoms with van der Waals surface area (Å²) >= 11 is 0. The summed E-state index contributed by atoms with van der Waals surface area (Å²) in [6.07, 6.45) is -0.804. The molecule has 6 nitrogen and oxygen atoms in total. The van der Waals surface area contributed by atoms with Gasteiger partial charge in [0.1, 0.15) is 0 Å². The van der Waals surface area contributed by atoms with Crippen molar-refractivity contribution in [3.8, 4) is 0 Å². The molecule has 0 radical (unpaired) electrons. The largest absolute Gasteiger partial charge is 0.293 e. The summed E-state index contributed by atoms with van der Waals surface area (Å²) in [6.45, 7) is 4.29. The van der Waals surface area contributed by atoms with Gasteiger partial charge in [-0.15, -0.1) is 0 Å². The van der Waals surface area contributed by atoms with E-state index in [0.29, 0.717) is 22.3 Å². The van der Waals surface area contributed by atoms with E-state index in [4.69, 9.17) is 0 Å². The Hall–Kier alpha value is -4.92. The molecule has 0 spiro atoms. The van der Waals surface area contributed by atoms with Crippen LogP contribution in [0.15, 0.2) is 174 Å². The van der Waals surface area contributed by atoms with Gasteiger partial charge in [0.05, 0.1) is 15.7 Å². The normalized spacial score (nSPS) is 16.8. The number of benzene rings is 5. The van der Waals surface area contributed by atoms with Crippen LogP contribution in [0.5, 0.6) is 0 Å². The van der Waals surface area contributed by atoms with E-state index in [2.05, 4.69) is 6.58 Å². The Bertz CT molecular complexity index is 2030. The lowest BCUT2D eigenvalue weighted by Gasteiger charge is -2.33. The molecule has 0 aliphatic heterocycles. The third-order valence-corrected chi connectivity index (χ3v) is 15.0.